The highest BCUT2D eigenvalue weighted by Crippen LogP contribution is 2.31. The van der Waals surface area contributed by atoms with E-state index < -0.39 is 0 Å². The second-order valence-corrected chi connectivity index (χ2v) is 8.05. The van der Waals surface area contributed by atoms with Gasteiger partial charge in [0.25, 0.3) is 0 Å². The Hall–Kier alpha value is -3.06. The van der Waals surface area contributed by atoms with E-state index in [1.807, 2.05) is 67.5 Å². The quantitative estimate of drug-likeness (QED) is 0.822. The Morgan fingerprint density at radius 2 is 1.90 bits per heavy atom. The van der Waals surface area contributed by atoms with Crippen LogP contribution in [0.2, 0.25) is 0 Å². The van der Waals surface area contributed by atoms with Crippen molar-refractivity contribution in [2.24, 2.45) is 0 Å². The molecule has 0 unspecified atom stereocenters. The number of amides is 2. The molecule has 2 heterocycles. The third kappa shape index (κ3) is 4.41. The smallest absolute Gasteiger partial charge is 0.414 e. The van der Waals surface area contributed by atoms with Crippen molar-refractivity contribution >= 4 is 29.1 Å². The van der Waals surface area contributed by atoms with Gasteiger partial charge in [0.05, 0.1) is 12.2 Å². The number of carbonyl (C=O) groups is 2. The lowest BCUT2D eigenvalue weighted by molar-refractivity contribution is -0.117. The van der Waals surface area contributed by atoms with Gasteiger partial charge in [-0.25, -0.2) is 4.79 Å². The highest BCUT2D eigenvalue weighted by molar-refractivity contribution is 5.93. The molecule has 7 heteroatoms. The normalized spacial score (nSPS) is 17.3. The van der Waals surface area contributed by atoms with E-state index in [0.717, 1.165) is 48.6 Å². The summed E-state index contributed by atoms with van der Waals surface area (Å²) < 4.78 is 5.36. The number of ether oxygens (including phenoxy) is 1. The van der Waals surface area contributed by atoms with E-state index in [1.54, 1.807) is 4.90 Å². The number of benzene rings is 2. The molecule has 0 radical (unpaired) electrons. The predicted molar refractivity (Wildman–Crippen MR) is 118 cm³/mol. The van der Waals surface area contributed by atoms with E-state index in [1.165, 1.54) is 0 Å². The second kappa shape index (κ2) is 8.75. The van der Waals surface area contributed by atoms with Gasteiger partial charge in [0.15, 0.2) is 0 Å². The molecule has 1 N–H and O–H groups in total. The summed E-state index contributed by atoms with van der Waals surface area (Å²) in [6.45, 7) is 2.21. The topological polar surface area (TPSA) is 65.1 Å². The minimum Gasteiger partial charge on any atom is -0.444 e. The standard InChI is InChI=1S/C23H28N4O3/c1-25(2)20-8-5-7-18(14-20)24-22(28)15-26-12-10-19(11-13-26)27-21-9-4-3-6-17(21)16-30-23(27)29/h3-9,14,19H,10-13,15-16H2,1-2H3,(H,24,28). The zero-order valence-electron chi connectivity index (χ0n) is 17.5. The number of nitrogens with one attached hydrogen (secondary N) is 1. The van der Waals surface area contributed by atoms with Gasteiger partial charge >= 0.3 is 6.09 Å². The molecule has 1 fully saturated rings. The fourth-order valence-corrected chi connectivity index (χ4v) is 4.12. The first-order chi connectivity index (χ1) is 14.5. The van der Waals surface area contributed by atoms with E-state index >= 15 is 0 Å². The minimum atomic E-state index is -0.273. The van der Waals surface area contributed by atoms with Gasteiger partial charge in [-0.15, -0.1) is 0 Å². The second-order valence-electron chi connectivity index (χ2n) is 8.05. The first-order valence-electron chi connectivity index (χ1n) is 10.3. The predicted octanol–water partition coefficient (Wildman–Crippen LogP) is 3.31. The number of fused-ring (bicyclic) bond motifs is 1. The lowest BCUT2D eigenvalue weighted by Crippen LogP contribution is -2.50. The van der Waals surface area contributed by atoms with E-state index in [4.69, 9.17) is 4.74 Å². The van der Waals surface area contributed by atoms with Gasteiger partial charge in [0, 0.05) is 50.2 Å². The van der Waals surface area contributed by atoms with Crippen LogP contribution in [-0.2, 0) is 16.1 Å². The van der Waals surface area contributed by atoms with Crippen molar-refractivity contribution in [2.75, 3.05) is 48.8 Å². The van der Waals surface area contributed by atoms with Crippen LogP contribution in [0, 0.1) is 0 Å². The Morgan fingerprint density at radius 1 is 1.13 bits per heavy atom. The van der Waals surface area contributed by atoms with Crippen molar-refractivity contribution in [3.8, 4) is 0 Å². The lowest BCUT2D eigenvalue weighted by Gasteiger charge is -2.40. The first kappa shape index (κ1) is 20.2. The van der Waals surface area contributed by atoms with E-state index in [9.17, 15) is 9.59 Å². The molecule has 2 aromatic rings. The molecule has 2 aromatic carbocycles. The number of likely N-dealkylation sites (tertiary alicyclic amines) is 1. The summed E-state index contributed by atoms with van der Waals surface area (Å²) in [7, 11) is 3.95. The Bertz CT molecular complexity index is 922. The van der Waals surface area contributed by atoms with Crippen LogP contribution in [-0.4, -0.2) is 56.7 Å². The molecule has 7 nitrogen and oxygen atoms in total. The monoisotopic (exact) mass is 408 g/mol. The van der Waals surface area contributed by atoms with E-state index in [0.29, 0.717) is 13.2 Å². The fraction of sp³-hybridized carbons (Fsp3) is 0.391. The van der Waals surface area contributed by atoms with Crippen LogP contribution in [0.3, 0.4) is 0 Å². The third-order valence-corrected chi connectivity index (χ3v) is 5.73. The van der Waals surface area contributed by atoms with Gasteiger partial charge in [-0.05, 0) is 37.1 Å². The van der Waals surface area contributed by atoms with Gasteiger partial charge in [0.1, 0.15) is 6.61 Å². The number of para-hydroxylation sites is 1. The Balaban J connectivity index is 1.32. The van der Waals surface area contributed by atoms with Gasteiger partial charge in [-0.1, -0.05) is 24.3 Å². The third-order valence-electron chi connectivity index (χ3n) is 5.73. The zero-order chi connectivity index (χ0) is 21.1. The minimum absolute atomic E-state index is 0.0212. The molecule has 0 spiro atoms. The number of nitrogens with zero attached hydrogens (tertiary/aromatic N) is 3. The molecule has 158 valence electrons. The molecule has 0 aromatic heterocycles. The molecule has 30 heavy (non-hydrogen) atoms. The number of rotatable bonds is 5. The lowest BCUT2D eigenvalue weighted by atomic mass is 10.0. The summed E-state index contributed by atoms with van der Waals surface area (Å²) in [5.74, 6) is -0.0212. The Kier molecular flexibility index (Phi) is 5.90. The van der Waals surface area contributed by atoms with Crippen LogP contribution in [0.5, 0.6) is 0 Å². The van der Waals surface area contributed by atoms with Crippen LogP contribution in [0.1, 0.15) is 18.4 Å². The highest BCUT2D eigenvalue weighted by Gasteiger charge is 2.34. The number of hydrogen-bond donors (Lipinski definition) is 1. The SMILES string of the molecule is CN(C)c1cccc(NC(=O)CN2CCC(N3C(=O)OCc4ccccc43)CC2)c1. The summed E-state index contributed by atoms with van der Waals surface area (Å²) in [6.07, 6.45) is 1.35. The van der Waals surface area contributed by atoms with Crippen molar-refractivity contribution in [1.29, 1.82) is 0 Å². The molecule has 0 bridgehead atoms. The average Bonchev–Trinajstić information content (AvgIpc) is 2.74. The molecule has 0 aliphatic carbocycles. The molecule has 4 rings (SSSR count). The molecular formula is C23H28N4O3. The molecule has 0 atom stereocenters. The maximum atomic E-state index is 12.5. The van der Waals surface area contributed by atoms with Crippen LogP contribution >= 0.6 is 0 Å². The summed E-state index contributed by atoms with van der Waals surface area (Å²) >= 11 is 0. The van der Waals surface area contributed by atoms with Crippen LogP contribution in [0.15, 0.2) is 48.5 Å². The van der Waals surface area contributed by atoms with E-state index in [-0.39, 0.29) is 18.0 Å². The van der Waals surface area contributed by atoms with Gasteiger partial charge in [0.2, 0.25) is 5.91 Å². The van der Waals surface area contributed by atoms with Gasteiger partial charge < -0.3 is 15.0 Å². The van der Waals surface area contributed by atoms with Crippen LogP contribution < -0.4 is 15.1 Å². The number of anilines is 3. The largest absolute Gasteiger partial charge is 0.444 e. The van der Waals surface area contributed by atoms with Crippen LogP contribution in [0.25, 0.3) is 0 Å². The van der Waals surface area contributed by atoms with Gasteiger partial charge in [-0.3, -0.25) is 14.6 Å². The van der Waals surface area contributed by atoms with Crippen molar-refractivity contribution in [1.82, 2.24) is 4.90 Å². The number of cyclic esters (lactones) is 1. The molecule has 2 aliphatic heterocycles. The maximum absolute atomic E-state index is 12.5. The average molecular weight is 409 g/mol. The van der Waals surface area contributed by atoms with Gasteiger partial charge in [-0.2, -0.15) is 0 Å². The van der Waals surface area contributed by atoms with E-state index in [2.05, 4.69) is 10.2 Å². The summed E-state index contributed by atoms with van der Waals surface area (Å²) in [6, 6.07) is 15.8. The van der Waals surface area contributed by atoms with Crippen molar-refractivity contribution in [3.05, 3.63) is 54.1 Å². The maximum Gasteiger partial charge on any atom is 0.414 e. The summed E-state index contributed by atoms with van der Waals surface area (Å²) in [4.78, 5) is 30.9. The summed E-state index contributed by atoms with van der Waals surface area (Å²) in [5, 5.41) is 2.99. The van der Waals surface area contributed by atoms with Crippen molar-refractivity contribution in [2.45, 2.75) is 25.5 Å². The number of piperidine rings is 1. The Morgan fingerprint density at radius 3 is 2.67 bits per heavy atom. The molecular weight excluding hydrogens is 380 g/mol. The molecule has 1 saturated heterocycles. The van der Waals surface area contributed by atoms with Crippen LogP contribution in [0.4, 0.5) is 21.9 Å². The summed E-state index contributed by atoms with van der Waals surface area (Å²) in [5.41, 5.74) is 3.83. The van der Waals surface area contributed by atoms with Crippen molar-refractivity contribution in [3.63, 3.8) is 0 Å². The molecule has 2 aliphatic rings. The zero-order valence-corrected chi connectivity index (χ0v) is 17.5. The number of carbonyl (C=O) groups excluding carboxylic acids is 2. The molecule has 0 saturated carbocycles. The van der Waals surface area contributed by atoms with Crippen molar-refractivity contribution < 1.29 is 14.3 Å². The number of hydrogen-bond acceptors (Lipinski definition) is 5. The Labute approximate surface area is 177 Å². The highest BCUT2D eigenvalue weighted by atomic mass is 16.6. The fourth-order valence-electron chi connectivity index (χ4n) is 4.12. The molecule has 2 amide bonds. The first-order valence-corrected chi connectivity index (χ1v) is 10.3.